The highest BCUT2D eigenvalue weighted by Gasteiger charge is 2.11. The molecule has 0 saturated heterocycles. The molecule has 0 atom stereocenters. The van der Waals surface area contributed by atoms with E-state index in [2.05, 4.69) is 11.3 Å². The molecule has 1 rings (SSSR count). The number of hydrogen-bond donors (Lipinski definition) is 2. The molecule has 0 aliphatic carbocycles. The molecule has 0 heterocycles. The van der Waals surface area contributed by atoms with Gasteiger partial charge in [0, 0.05) is 0 Å². The fraction of sp³-hybridized carbons (Fsp3) is 0.250. The van der Waals surface area contributed by atoms with E-state index in [9.17, 15) is 4.79 Å². The lowest BCUT2D eigenvalue weighted by atomic mass is 10.1. The lowest BCUT2D eigenvalue weighted by Gasteiger charge is -2.19. The number of terminal acetylenes is 1. The molecule has 4 heteroatoms. The maximum absolute atomic E-state index is 10.9. The number of hydrogen-bond acceptors (Lipinski definition) is 2. The van der Waals surface area contributed by atoms with Crippen molar-refractivity contribution >= 4 is 6.09 Å². The Hall–Kier alpha value is -1.99. The van der Waals surface area contributed by atoms with E-state index in [1.165, 1.54) is 0 Å². The molecule has 1 amide bonds. The van der Waals surface area contributed by atoms with Crippen molar-refractivity contribution in [2.75, 3.05) is 6.54 Å². The summed E-state index contributed by atoms with van der Waals surface area (Å²) in [7, 11) is 0. The highest BCUT2D eigenvalue weighted by Crippen LogP contribution is 2.09. The molecule has 0 saturated carbocycles. The van der Waals surface area contributed by atoms with Crippen molar-refractivity contribution in [1.29, 1.82) is 0 Å². The van der Waals surface area contributed by atoms with Gasteiger partial charge in [0.2, 0.25) is 0 Å². The SMILES string of the molecule is C#CCNN(Cc1ccccc1C)C(=O)O. The molecule has 0 bridgehead atoms. The molecule has 16 heavy (non-hydrogen) atoms. The highest BCUT2D eigenvalue weighted by molar-refractivity contribution is 5.64. The van der Waals surface area contributed by atoms with Gasteiger partial charge in [-0.25, -0.2) is 15.2 Å². The Morgan fingerprint density at radius 2 is 2.25 bits per heavy atom. The van der Waals surface area contributed by atoms with E-state index in [4.69, 9.17) is 11.5 Å². The molecule has 4 nitrogen and oxygen atoms in total. The van der Waals surface area contributed by atoms with Gasteiger partial charge in [-0.1, -0.05) is 30.2 Å². The van der Waals surface area contributed by atoms with Crippen molar-refractivity contribution in [2.24, 2.45) is 0 Å². The van der Waals surface area contributed by atoms with E-state index in [1.807, 2.05) is 31.2 Å². The number of nitrogens with zero attached hydrogens (tertiary/aromatic N) is 1. The zero-order chi connectivity index (χ0) is 12.0. The van der Waals surface area contributed by atoms with Crippen LogP contribution in [-0.2, 0) is 6.54 Å². The van der Waals surface area contributed by atoms with Crippen molar-refractivity contribution in [2.45, 2.75) is 13.5 Å². The molecule has 2 N–H and O–H groups in total. The number of rotatable bonds is 4. The maximum atomic E-state index is 10.9. The first kappa shape index (κ1) is 12.1. The Balaban J connectivity index is 2.72. The molecular formula is C12H14N2O2. The summed E-state index contributed by atoms with van der Waals surface area (Å²) >= 11 is 0. The van der Waals surface area contributed by atoms with Crippen molar-refractivity contribution in [3.05, 3.63) is 35.4 Å². The largest absolute Gasteiger partial charge is 0.464 e. The van der Waals surface area contributed by atoms with Crippen molar-refractivity contribution in [1.82, 2.24) is 10.4 Å². The second-order valence-corrected chi connectivity index (χ2v) is 3.33. The summed E-state index contributed by atoms with van der Waals surface area (Å²) in [6, 6.07) is 7.63. The Morgan fingerprint density at radius 1 is 1.56 bits per heavy atom. The van der Waals surface area contributed by atoms with Crippen LogP contribution in [0.5, 0.6) is 0 Å². The fourth-order valence-electron chi connectivity index (χ4n) is 1.29. The quantitative estimate of drug-likeness (QED) is 0.596. The van der Waals surface area contributed by atoms with Crippen LogP contribution in [0, 0.1) is 19.3 Å². The van der Waals surface area contributed by atoms with E-state index in [-0.39, 0.29) is 13.1 Å². The summed E-state index contributed by atoms with van der Waals surface area (Å²) in [5.41, 5.74) is 4.65. The molecule has 1 aromatic carbocycles. The van der Waals surface area contributed by atoms with Gasteiger partial charge in [0.1, 0.15) is 0 Å². The summed E-state index contributed by atoms with van der Waals surface area (Å²) < 4.78 is 0. The van der Waals surface area contributed by atoms with Crippen LogP contribution in [0.25, 0.3) is 0 Å². The van der Waals surface area contributed by atoms with Crippen molar-refractivity contribution in [3.63, 3.8) is 0 Å². The van der Waals surface area contributed by atoms with Gasteiger partial charge in [-0.15, -0.1) is 6.42 Å². The fourth-order valence-corrected chi connectivity index (χ4v) is 1.29. The van der Waals surface area contributed by atoms with Gasteiger partial charge in [0.15, 0.2) is 0 Å². The van der Waals surface area contributed by atoms with Crippen molar-refractivity contribution < 1.29 is 9.90 Å². The third kappa shape index (κ3) is 3.30. The predicted molar refractivity (Wildman–Crippen MR) is 61.6 cm³/mol. The smallest absolute Gasteiger partial charge is 0.422 e. The van der Waals surface area contributed by atoms with Crippen LogP contribution < -0.4 is 5.43 Å². The normalized spacial score (nSPS) is 9.50. The Morgan fingerprint density at radius 3 is 2.81 bits per heavy atom. The highest BCUT2D eigenvalue weighted by atomic mass is 16.4. The first-order valence-corrected chi connectivity index (χ1v) is 4.87. The van der Waals surface area contributed by atoms with Gasteiger partial charge >= 0.3 is 6.09 Å². The number of aryl methyl sites for hydroxylation is 1. The molecule has 0 aliphatic heterocycles. The molecule has 1 aromatic rings. The molecule has 0 fully saturated rings. The minimum Gasteiger partial charge on any atom is -0.464 e. The van der Waals surface area contributed by atoms with Gasteiger partial charge in [-0.3, -0.25) is 0 Å². The monoisotopic (exact) mass is 218 g/mol. The summed E-state index contributed by atoms with van der Waals surface area (Å²) in [6.45, 7) is 2.42. The third-order valence-electron chi connectivity index (χ3n) is 2.19. The number of benzene rings is 1. The van der Waals surface area contributed by atoms with Crippen LogP contribution in [-0.4, -0.2) is 22.8 Å². The van der Waals surface area contributed by atoms with Crippen LogP contribution in [0.3, 0.4) is 0 Å². The Kier molecular flexibility index (Phi) is 4.37. The molecule has 0 unspecified atom stereocenters. The van der Waals surface area contributed by atoms with E-state index >= 15 is 0 Å². The molecule has 0 radical (unpaired) electrons. The van der Waals surface area contributed by atoms with E-state index in [1.54, 1.807) is 0 Å². The minimum atomic E-state index is -1.04. The van der Waals surface area contributed by atoms with Gasteiger partial charge in [-0.05, 0) is 18.1 Å². The molecule has 0 aliphatic rings. The van der Waals surface area contributed by atoms with Crippen LogP contribution in [0.15, 0.2) is 24.3 Å². The average Bonchev–Trinajstić information content (AvgIpc) is 2.26. The zero-order valence-electron chi connectivity index (χ0n) is 9.10. The standard InChI is InChI=1S/C12H14N2O2/c1-3-8-13-14(12(15)16)9-11-7-5-4-6-10(11)2/h1,4-7,13H,8-9H2,2H3,(H,15,16). The van der Waals surface area contributed by atoms with Crippen molar-refractivity contribution in [3.8, 4) is 12.3 Å². The number of amides is 1. The van der Waals surface area contributed by atoms with Crippen LogP contribution >= 0.6 is 0 Å². The molecule has 0 spiro atoms. The van der Waals surface area contributed by atoms with Crippen LogP contribution in [0.4, 0.5) is 4.79 Å². The Labute approximate surface area is 94.9 Å². The van der Waals surface area contributed by atoms with Crippen LogP contribution in [0.2, 0.25) is 0 Å². The van der Waals surface area contributed by atoms with Gasteiger partial charge < -0.3 is 5.11 Å². The summed E-state index contributed by atoms with van der Waals surface area (Å²) in [5.74, 6) is 2.34. The lowest BCUT2D eigenvalue weighted by Crippen LogP contribution is -2.41. The zero-order valence-corrected chi connectivity index (χ0v) is 9.10. The van der Waals surface area contributed by atoms with E-state index in [0.717, 1.165) is 16.1 Å². The summed E-state index contributed by atoms with van der Waals surface area (Å²) in [5, 5.41) is 10.0. The number of carboxylic acid groups (broad SMARTS) is 1. The minimum absolute atomic E-state index is 0.193. The number of nitrogens with one attached hydrogen (secondary N) is 1. The summed E-state index contributed by atoms with van der Waals surface area (Å²) in [6.07, 6.45) is 4.03. The molecule has 84 valence electrons. The lowest BCUT2D eigenvalue weighted by molar-refractivity contribution is 0.119. The maximum Gasteiger partial charge on any atom is 0.422 e. The first-order chi connectivity index (χ1) is 7.65. The number of carbonyl (C=O) groups is 1. The van der Waals surface area contributed by atoms with E-state index < -0.39 is 6.09 Å². The van der Waals surface area contributed by atoms with Crippen LogP contribution in [0.1, 0.15) is 11.1 Å². The first-order valence-electron chi connectivity index (χ1n) is 4.87. The third-order valence-corrected chi connectivity index (χ3v) is 2.19. The molecule has 0 aromatic heterocycles. The van der Waals surface area contributed by atoms with Gasteiger partial charge in [0.25, 0.3) is 0 Å². The van der Waals surface area contributed by atoms with Gasteiger partial charge in [-0.2, -0.15) is 0 Å². The topological polar surface area (TPSA) is 52.6 Å². The van der Waals surface area contributed by atoms with E-state index in [0.29, 0.717) is 0 Å². The second-order valence-electron chi connectivity index (χ2n) is 3.33. The Bertz CT molecular complexity index is 410. The predicted octanol–water partition coefficient (Wildman–Crippen LogP) is 1.61. The summed E-state index contributed by atoms with van der Waals surface area (Å²) in [4.78, 5) is 10.9. The van der Waals surface area contributed by atoms with Gasteiger partial charge in [0.05, 0.1) is 13.1 Å². The average molecular weight is 218 g/mol. The number of hydrazine groups is 1. The molecular weight excluding hydrogens is 204 g/mol. The second kappa shape index (κ2) is 5.79.